The van der Waals surface area contributed by atoms with E-state index in [1.807, 2.05) is 0 Å². The van der Waals surface area contributed by atoms with Gasteiger partial charge in [0.1, 0.15) is 0 Å². The van der Waals surface area contributed by atoms with Crippen LogP contribution in [0.3, 0.4) is 0 Å². The summed E-state index contributed by atoms with van der Waals surface area (Å²) in [6.07, 6.45) is 7.67. The number of nitrogens with two attached hydrogens (primary N) is 1. The molecule has 2 aliphatic rings. The highest BCUT2D eigenvalue weighted by Gasteiger charge is 2.25. The van der Waals surface area contributed by atoms with E-state index in [1.54, 1.807) is 0 Å². The van der Waals surface area contributed by atoms with E-state index in [2.05, 4.69) is 5.43 Å². The largest absolute Gasteiger partial charge is 0.381 e. The Morgan fingerprint density at radius 1 is 1.31 bits per heavy atom. The molecule has 4 heteroatoms. The van der Waals surface area contributed by atoms with Crippen LogP contribution < -0.4 is 11.3 Å². The molecule has 0 amide bonds. The minimum atomic E-state index is 0.420. The van der Waals surface area contributed by atoms with E-state index in [-0.39, 0.29) is 0 Å². The van der Waals surface area contributed by atoms with Gasteiger partial charge in [-0.15, -0.1) is 0 Å². The van der Waals surface area contributed by atoms with Gasteiger partial charge in [0.05, 0.1) is 12.7 Å². The molecule has 0 aromatic rings. The highest BCUT2D eigenvalue weighted by atomic mass is 16.5. The number of ether oxygens (including phenoxy) is 2. The zero-order valence-corrected chi connectivity index (χ0v) is 9.99. The molecule has 3 atom stereocenters. The maximum absolute atomic E-state index is 5.62. The van der Waals surface area contributed by atoms with E-state index in [0.29, 0.717) is 18.1 Å². The Morgan fingerprint density at radius 3 is 2.88 bits per heavy atom. The molecular formula is C12H24N2O2. The van der Waals surface area contributed by atoms with Crippen LogP contribution in [0.5, 0.6) is 0 Å². The highest BCUT2D eigenvalue weighted by Crippen LogP contribution is 2.22. The third-order valence-electron chi connectivity index (χ3n) is 3.81. The zero-order valence-electron chi connectivity index (χ0n) is 9.99. The van der Waals surface area contributed by atoms with Crippen LogP contribution in [0.4, 0.5) is 0 Å². The summed E-state index contributed by atoms with van der Waals surface area (Å²) in [5.74, 6) is 6.22. The van der Waals surface area contributed by atoms with Crippen molar-refractivity contribution < 1.29 is 9.47 Å². The molecule has 2 rings (SSSR count). The summed E-state index contributed by atoms with van der Waals surface area (Å²) in [6, 6.07) is 0.420. The standard InChI is InChI=1S/C12H24N2O2/c13-14-12(10-6-8-15-9-10)5-1-3-11-4-2-7-16-11/h10-12,14H,1-9,13H2. The molecule has 2 aliphatic heterocycles. The van der Waals surface area contributed by atoms with Crippen molar-refractivity contribution in [3.05, 3.63) is 0 Å². The zero-order chi connectivity index (χ0) is 11.2. The summed E-state index contributed by atoms with van der Waals surface area (Å²) in [5.41, 5.74) is 2.95. The molecule has 0 bridgehead atoms. The molecule has 0 radical (unpaired) electrons. The molecule has 3 N–H and O–H groups in total. The summed E-state index contributed by atoms with van der Waals surface area (Å²) < 4.78 is 11.0. The molecule has 0 aromatic carbocycles. The van der Waals surface area contributed by atoms with Gasteiger partial charge in [-0.2, -0.15) is 0 Å². The molecule has 2 fully saturated rings. The van der Waals surface area contributed by atoms with Crippen LogP contribution in [0.25, 0.3) is 0 Å². The summed E-state index contributed by atoms with van der Waals surface area (Å²) in [7, 11) is 0. The first-order valence-corrected chi connectivity index (χ1v) is 6.55. The topological polar surface area (TPSA) is 56.5 Å². The van der Waals surface area contributed by atoms with Crippen molar-refractivity contribution in [2.24, 2.45) is 11.8 Å². The smallest absolute Gasteiger partial charge is 0.0576 e. The van der Waals surface area contributed by atoms with E-state index in [9.17, 15) is 0 Å². The van der Waals surface area contributed by atoms with Crippen molar-refractivity contribution >= 4 is 0 Å². The Labute approximate surface area is 97.8 Å². The van der Waals surface area contributed by atoms with Crippen LogP contribution in [0.15, 0.2) is 0 Å². The summed E-state index contributed by atoms with van der Waals surface area (Å²) >= 11 is 0. The lowest BCUT2D eigenvalue weighted by Crippen LogP contribution is -2.41. The average molecular weight is 228 g/mol. The van der Waals surface area contributed by atoms with Gasteiger partial charge < -0.3 is 9.47 Å². The average Bonchev–Trinajstić information content (AvgIpc) is 2.96. The maximum Gasteiger partial charge on any atom is 0.0576 e. The first kappa shape index (κ1) is 12.3. The number of hydrogen-bond donors (Lipinski definition) is 2. The second-order valence-corrected chi connectivity index (χ2v) is 4.96. The van der Waals surface area contributed by atoms with Gasteiger partial charge in [0.25, 0.3) is 0 Å². The second-order valence-electron chi connectivity index (χ2n) is 4.96. The highest BCUT2D eigenvalue weighted by molar-refractivity contribution is 4.78. The first-order valence-electron chi connectivity index (χ1n) is 6.55. The van der Waals surface area contributed by atoms with Crippen molar-refractivity contribution in [3.8, 4) is 0 Å². The van der Waals surface area contributed by atoms with Crippen molar-refractivity contribution in [2.75, 3.05) is 19.8 Å². The van der Waals surface area contributed by atoms with E-state index < -0.39 is 0 Å². The van der Waals surface area contributed by atoms with Gasteiger partial charge in [0.2, 0.25) is 0 Å². The molecule has 0 spiro atoms. The third kappa shape index (κ3) is 3.42. The third-order valence-corrected chi connectivity index (χ3v) is 3.81. The summed E-state index contributed by atoms with van der Waals surface area (Å²) in [5, 5.41) is 0. The van der Waals surface area contributed by atoms with Crippen LogP contribution in [-0.4, -0.2) is 32.0 Å². The Balaban J connectivity index is 1.62. The molecule has 0 aromatic heterocycles. The van der Waals surface area contributed by atoms with Crippen LogP contribution in [-0.2, 0) is 9.47 Å². The van der Waals surface area contributed by atoms with Gasteiger partial charge in [0, 0.05) is 25.2 Å². The Kier molecular flexibility index (Phi) is 5.03. The number of nitrogens with one attached hydrogen (secondary N) is 1. The van der Waals surface area contributed by atoms with Gasteiger partial charge in [-0.3, -0.25) is 11.3 Å². The monoisotopic (exact) mass is 228 g/mol. The fraction of sp³-hybridized carbons (Fsp3) is 1.00. The lowest BCUT2D eigenvalue weighted by atomic mass is 9.94. The fourth-order valence-corrected chi connectivity index (χ4v) is 2.76. The van der Waals surface area contributed by atoms with E-state index in [0.717, 1.165) is 32.7 Å². The molecular weight excluding hydrogens is 204 g/mol. The number of rotatable bonds is 6. The molecule has 4 nitrogen and oxygen atoms in total. The molecule has 0 saturated carbocycles. The SMILES string of the molecule is NNC(CCCC1CCCO1)C1CCOC1. The minimum absolute atomic E-state index is 0.420. The van der Waals surface area contributed by atoms with Crippen LogP contribution in [0.1, 0.15) is 38.5 Å². The van der Waals surface area contributed by atoms with Gasteiger partial charge in [-0.05, 0) is 38.5 Å². The lowest BCUT2D eigenvalue weighted by molar-refractivity contribution is 0.1000. The predicted molar refractivity (Wildman–Crippen MR) is 62.9 cm³/mol. The van der Waals surface area contributed by atoms with E-state index in [4.69, 9.17) is 15.3 Å². The van der Waals surface area contributed by atoms with Crippen LogP contribution in [0, 0.1) is 5.92 Å². The van der Waals surface area contributed by atoms with Gasteiger partial charge in [-0.1, -0.05) is 0 Å². The Hall–Kier alpha value is -0.160. The van der Waals surface area contributed by atoms with Crippen molar-refractivity contribution in [1.82, 2.24) is 5.43 Å². The summed E-state index contributed by atoms with van der Waals surface area (Å²) in [6.45, 7) is 2.73. The molecule has 2 heterocycles. The summed E-state index contributed by atoms with van der Waals surface area (Å²) in [4.78, 5) is 0. The van der Waals surface area contributed by atoms with Crippen LogP contribution >= 0.6 is 0 Å². The second kappa shape index (κ2) is 6.55. The Morgan fingerprint density at radius 2 is 2.25 bits per heavy atom. The number of hydrogen-bond acceptors (Lipinski definition) is 4. The Bertz CT molecular complexity index is 189. The van der Waals surface area contributed by atoms with Gasteiger partial charge >= 0.3 is 0 Å². The predicted octanol–water partition coefficient (Wildman–Crippen LogP) is 1.20. The van der Waals surface area contributed by atoms with Crippen molar-refractivity contribution in [3.63, 3.8) is 0 Å². The van der Waals surface area contributed by atoms with Crippen molar-refractivity contribution in [2.45, 2.75) is 50.7 Å². The first-order chi connectivity index (χ1) is 7.90. The van der Waals surface area contributed by atoms with E-state index >= 15 is 0 Å². The van der Waals surface area contributed by atoms with Crippen LogP contribution in [0.2, 0.25) is 0 Å². The van der Waals surface area contributed by atoms with Gasteiger partial charge in [0.15, 0.2) is 0 Å². The molecule has 0 aliphatic carbocycles. The van der Waals surface area contributed by atoms with E-state index in [1.165, 1.54) is 25.7 Å². The van der Waals surface area contributed by atoms with Crippen molar-refractivity contribution in [1.29, 1.82) is 0 Å². The molecule has 94 valence electrons. The molecule has 16 heavy (non-hydrogen) atoms. The normalized spacial score (nSPS) is 32.1. The maximum atomic E-state index is 5.62. The lowest BCUT2D eigenvalue weighted by Gasteiger charge is -2.21. The fourth-order valence-electron chi connectivity index (χ4n) is 2.76. The molecule has 2 saturated heterocycles. The number of hydrazine groups is 1. The molecule has 3 unspecified atom stereocenters. The van der Waals surface area contributed by atoms with Gasteiger partial charge in [-0.25, -0.2) is 0 Å². The minimum Gasteiger partial charge on any atom is -0.381 e. The quantitative estimate of drug-likeness (QED) is 0.530.